The molecule has 0 aliphatic heterocycles. The molecular weight excluding hydrogens is 452 g/mol. The molecule has 0 bridgehead atoms. The molecule has 0 radical (unpaired) electrons. The van der Waals surface area contributed by atoms with Gasteiger partial charge >= 0.3 is 0 Å². The Morgan fingerprint density at radius 3 is 1.39 bits per heavy atom. The fourth-order valence-corrected chi connectivity index (χ4v) is 6.01. The summed E-state index contributed by atoms with van der Waals surface area (Å²) in [4.78, 5) is 29.6. The number of hydrogen-bond acceptors (Lipinski definition) is 4. The molecule has 0 atom stereocenters. The Hall–Kier alpha value is -3.54. The van der Waals surface area contributed by atoms with Gasteiger partial charge in [0.25, 0.3) is 0 Å². The first-order valence-corrected chi connectivity index (χ1v) is 13.0. The summed E-state index contributed by atoms with van der Waals surface area (Å²) in [5.41, 5.74) is 5.92. The average Bonchev–Trinajstić information content (AvgIpc) is 3.73. The summed E-state index contributed by atoms with van der Waals surface area (Å²) in [6.45, 7) is 0. The third-order valence-electron chi connectivity index (χ3n) is 7.92. The van der Waals surface area contributed by atoms with Crippen LogP contribution < -0.4 is 9.47 Å². The van der Waals surface area contributed by atoms with Gasteiger partial charge in [0.15, 0.2) is 12.6 Å². The molecule has 0 unspecified atom stereocenters. The molecule has 188 valence electrons. The lowest BCUT2D eigenvalue weighted by Crippen LogP contribution is -1.96. The summed E-state index contributed by atoms with van der Waals surface area (Å²) in [7, 11) is 3.29. The maximum absolute atomic E-state index is 11.4. The predicted octanol–water partition coefficient (Wildman–Crippen LogP) is 7.29. The Balaban J connectivity index is 0.000000148. The third-order valence-corrected chi connectivity index (χ3v) is 7.92. The fourth-order valence-electron chi connectivity index (χ4n) is 6.01. The Kier molecular flexibility index (Phi) is 7.12. The second-order valence-corrected chi connectivity index (χ2v) is 9.93. The summed E-state index contributed by atoms with van der Waals surface area (Å²) in [5, 5.41) is 1.96. The first-order chi connectivity index (χ1) is 17.7. The number of aromatic nitrogens is 2. The Labute approximate surface area is 211 Å². The van der Waals surface area contributed by atoms with Gasteiger partial charge in [0, 0.05) is 44.3 Å². The quantitative estimate of drug-likeness (QED) is 0.280. The monoisotopic (exact) mass is 486 g/mol. The minimum atomic E-state index is 0.517. The van der Waals surface area contributed by atoms with E-state index in [4.69, 9.17) is 9.47 Å². The largest absolute Gasteiger partial charge is 0.497 e. The highest BCUT2D eigenvalue weighted by Crippen LogP contribution is 2.39. The summed E-state index contributed by atoms with van der Waals surface area (Å²) >= 11 is 0. The SMILES string of the molecule is COc1ccc2[nH]c(C3CCCC3)c(C=O)c2c1.COc1ccc2[nH]c(C3CCCC3)c(C=O)c2c1. The molecule has 6 nitrogen and oxygen atoms in total. The van der Waals surface area contributed by atoms with Crippen molar-refractivity contribution in [3.05, 3.63) is 58.9 Å². The molecule has 6 rings (SSSR count). The van der Waals surface area contributed by atoms with Crippen LogP contribution >= 0.6 is 0 Å². The lowest BCUT2D eigenvalue weighted by molar-refractivity contribution is 0.111. The molecule has 2 N–H and O–H groups in total. The van der Waals surface area contributed by atoms with Gasteiger partial charge in [0.05, 0.1) is 14.2 Å². The van der Waals surface area contributed by atoms with Crippen molar-refractivity contribution in [3.63, 3.8) is 0 Å². The maximum atomic E-state index is 11.4. The van der Waals surface area contributed by atoms with Crippen LogP contribution in [0.15, 0.2) is 36.4 Å². The molecule has 2 aliphatic carbocycles. The summed E-state index contributed by atoms with van der Waals surface area (Å²) in [6.07, 6.45) is 11.8. The number of nitrogens with one attached hydrogen (secondary N) is 2. The van der Waals surface area contributed by atoms with Crippen LogP contribution in [0, 0.1) is 0 Å². The number of hydrogen-bond donors (Lipinski definition) is 2. The Bertz CT molecular complexity index is 1260. The second kappa shape index (κ2) is 10.6. The molecule has 0 spiro atoms. The minimum Gasteiger partial charge on any atom is -0.497 e. The fraction of sp³-hybridized carbons (Fsp3) is 0.400. The van der Waals surface area contributed by atoms with E-state index in [0.29, 0.717) is 11.8 Å². The van der Waals surface area contributed by atoms with Crippen LogP contribution in [0.1, 0.15) is 95.3 Å². The molecule has 2 aromatic carbocycles. The van der Waals surface area contributed by atoms with E-state index in [1.165, 1.54) is 51.4 Å². The molecule has 2 heterocycles. The molecular formula is C30H34N2O4. The first-order valence-electron chi connectivity index (χ1n) is 13.0. The number of carbonyl (C=O) groups excluding carboxylic acids is 2. The summed E-state index contributed by atoms with van der Waals surface area (Å²) < 4.78 is 10.5. The smallest absolute Gasteiger partial charge is 0.152 e. The molecule has 2 aromatic heterocycles. The molecule has 0 saturated heterocycles. The highest BCUT2D eigenvalue weighted by molar-refractivity contribution is 6.00. The van der Waals surface area contributed by atoms with Gasteiger partial charge in [-0.05, 0) is 73.9 Å². The summed E-state index contributed by atoms with van der Waals surface area (Å²) in [6, 6.07) is 11.7. The molecule has 2 fully saturated rings. The number of H-pyrrole nitrogens is 2. The average molecular weight is 487 g/mol. The topological polar surface area (TPSA) is 84.2 Å². The number of ether oxygens (including phenoxy) is 2. The van der Waals surface area contributed by atoms with Gasteiger partial charge in [0.1, 0.15) is 11.5 Å². The van der Waals surface area contributed by atoms with Crippen molar-refractivity contribution in [3.8, 4) is 11.5 Å². The number of aromatic amines is 2. The van der Waals surface area contributed by atoms with E-state index in [-0.39, 0.29) is 0 Å². The number of benzene rings is 2. The normalized spacial score (nSPS) is 16.3. The van der Waals surface area contributed by atoms with Crippen molar-refractivity contribution in [2.75, 3.05) is 14.2 Å². The van der Waals surface area contributed by atoms with Crippen molar-refractivity contribution >= 4 is 34.4 Å². The Morgan fingerprint density at radius 1 is 0.667 bits per heavy atom. The number of carbonyl (C=O) groups is 2. The van der Waals surface area contributed by atoms with Crippen molar-refractivity contribution in [1.82, 2.24) is 9.97 Å². The number of aldehydes is 2. The van der Waals surface area contributed by atoms with E-state index in [2.05, 4.69) is 9.97 Å². The molecule has 2 aliphatic rings. The molecule has 0 amide bonds. The van der Waals surface area contributed by atoms with E-state index >= 15 is 0 Å². The lowest BCUT2D eigenvalue weighted by atomic mass is 9.99. The van der Waals surface area contributed by atoms with Gasteiger partial charge in [-0.3, -0.25) is 9.59 Å². The molecule has 6 heteroatoms. The van der Waals surface area contributed by atoms with Crippen LogP contribution in [-0.2, 0) is 0 Å². The van der Waals surface area contributed by atoms with Crippen molar-refractivity contribution in [2.24, 2.45) is 0 Å². The van der Waals surface area contributed by atoms with Gasteiger partial charge < -0.3 is 19.4 Å². The predicted molar refractivity (Wildman–Crippen MR) is 143 cm³/mol. The first kappa shape index (κ1) is 24.2. The second-order valence-electron chi connectivity index (χ2n) is 9.93. The van der Waals surface area contributed by atoms with Crippen molar-refractivity contribution < 1.29 is 19.1 Å². The van der Waals surface area contributed by atoms with Crippen LogP contribution in [0.25, 0.3) is 21.8 Å². The van der Waals surface area contributed by atoms with Gasteiger partial charge in [-0.1, -0.05) is 25.7 Å². The van der Waals surface area contributed by atoms with Crippen LogP contribution in [-0.4, -0.2) is 36.8 Å². The third kappa shape index (κ3) is 4.52. The highest BCUT2D eigenvalue weighted by atomic mass is 16.5. The zero-order chi connectivity index (χ0) is 25.1. The van der Waals surface area contributed by atoms with Crippen LogP contribution in [0.5, 0.6) is 11.5 Å². The van der Waals surface area contributed by atoms with Crippen molar-refractivity contribution in [2.45, 2.75) is 63.2 Å². The zero-order valence-corrected chi connectivity index (χ0v) is 21.1. The summed E-state index contributed by atoms with van der Waals surface area (Å²) in [5.74, 6) is 2.62. The highest BCUT2D eigenvalue weighted by Gasteiger charge is 2.24. The number of fused-ring (bicyclic) bond motifs is 2. The standard InChI is InChI=1S/2C15H17NO2/c2*1-18-11-6-7-14-12(8-11)13(9-17)15(16-14)10-4-2-3-5-10/h2*6-10,16H,2-5H2,1H3. The maximum Gasteiger partial charge on any atom is 0.152 e. The Morgan fingerprint density at radius 2 is 1.06 bits per heavy atom. The van der Waals surface area contributed by atoms with Gasteiger partial charge in [-0.15, -0.1) is 0 Å². The van der Waals surface area contributed by atoms with E-state index in [1.807, 2.05) is 36.4 Å². The lowest BCUT2D eigenvalue weighted by Gasteiger charge is -2.07. The van der Waals surface area contributed by atoms with Crippen LogP contribution in [0.4, 0.5) is 0 Å². The van der Waals surface area contributed by atoms with Crippen LogP contribution in [0.2, 0.25) is 0 Å². The van der Waals surface area contributed by atoms with E-state index in [1.54, 1.807) is 14.2 Å². The molecule has 2 saturated carbocycles. The van der Waals surface area contributed by atoms with Gasteiger partial charge in [0.2, 0.25) is 0 Å². The molecule has 36 heavy (non-hydrogen) atoms. The van der Waals surface area contributed by atoms with E-state index in [9.17, 15) is 9.59 Å². The minimum absolute atomic E-state index is 0.517. The number of rotatable bonds is 6. The van der Waals surface area contributed by atoms with Gasteiger partial charge in [-0.25, -0.2) is 0 Å². The van der Waals surface area contributed by atoms with E-state index < -0.39 is 0 Å². The van der Waals surface area contributed by atoms with Gasteiger partial charge in [-0.2, -0.15) is 0 Å². The van der Waals surface area contributed by atoms with Crippen LogP contribution in [0.3, 0.4) is 0 Å². The number of methoxy groups -OCH3 is 2. The molecule has 4 aromatic rings. The zero-order valence-electron chi connectivity index (χ0n) is 21.1. The van der Waals surface area contributed by atoms with E-state index in [0.717, 1.165) is 68.4 Å². The van der Waals surface area contributed by atoms with Crippen molar-refractivity contribution in [1.29, 1.82) is 0 Å².